The van der Waals surface area contributed by atoms with Crippen LogP contribution in [0.5, 0.6) is 11.8 Å². The van der Waals surface area contributed by atoms with Gasteiger partial charge in [-0.15, -0.1) is 0 Å². The molecule has 2 aromatic carbocycles. The molecular weight excluding hydrogens is 451 g/mol. The zero-order valence-electron chi connectivity index (χ0n) is 12.9. The normalized spacial score (nSPS) is 11.4. The molecule has 9 heteroatoms. The topological polar surface area (TPSA) is 61.0 Å². The Bertz CT molecular complexity index is 935. The Labute approximate surface area is 166 Å². The van der Waals surface area contributed by atoms with E-state index in [1.54, 1.807) is 6.07 Å². The first kappa shape index (κ1) is 18.8. The first-order valence-corrected chi connectivity index (χ1v) is 8.72. The van der Waals surface area contributed by atoms with Crippen molar-refractivity contribution in [2.24, 2.45) is 0 Å². The maximum absolute atomic E-state index is 14.8. The molecule has 4 nitrogen and oxygen atoms in total. The van der Waals surface area contributed by atoms with Crippen molar-refractivity contribution in [3.05, 3.63) is 74.4 Å². The van der Waals surface area contributed by atoms with E-state index in [0.29, 0.717) is 5.69 Å². The van der Waals surface area contributed by atoms with Crippen LogP contribution in [0, 0.1) is 0 Å². The monoisotopic (exact) mass is 459 g/mol. The number of aromatic nitrogens is 2. The Morgan fingerprint density at radius 3 is 2.31 bits per heavy atom. The molecule has 0 atom stereocenters. The number of nitrogens with zero attached hydrogens (tertiary/aromatic N) is 2. The van der Waals surface area contributed by atoms with Gasteiger partial charge in [-0.25, -0.2) is 4.98 Å². The summed E-state index contributed by atoms with van der Waals surface area (Å²) in [4.78, 5) is 7.73. The number of hydrogen-bond acceptors (Lipinski definition) is 4. The molecule has 134 valence electrons. The standard InChI is InChI=1S/C17H10BrCl2F2N3O/c18-11-8-24-16(26-14-12(19)6-10(23)7-13(14)20)25-15(11)17(21,22)9-4-2-1-3-5-9/h1-8H,23H2. The van der Waals surface area contributed by atoms with Crippen molar-refractivity contribution in [3.63, 3.8) is 0 Å². The lowest BCUT2D eigenvalue weighted by Gasteiger charge is -2.18. The number of ether oxygens (including phenoxy) is 1. The van der Waals surface area contributed by atoms with Crippen molar-refractivity contribution in [1.29, 1.82) is 0 Å². The second-order valence-corrected chi connectivity index (χ2v) is 6.87. The summed E-state index contributed by atoms with van der Waals surface area (Å²) in [6, 6.07) is 9.81. The van der Waals surface area contributed by atoms with Crippen molar-refractivity contribution in [1.82, 2.24) is 9.97 Å². The lowest BCUT2D eigenvalue weighted by molar-refractivity contribution is 0.0364. The highest BCUT2D eigenvalue weighted by Crippen LogP contribution is 2.40. The average molecular weight is 461 g/mol. The van der Waals surface area contributed by atoms with Crippen molar-refractivity contribution in [2.75, 3.05) is 5.73 Å². The molecule has 0 aliphatic carbocycles. The molecule has 0 aliphatic heterocycles. The number of rotatable bonds is 4. The molecule has 0 saturated heterocycles. The first-order valence-electron chi connectivity index (χ1n) is 7.17. The number of hydrogen-bond donors (Lipinski definition) is 1. The Kier molecular flexibility index (Phi) is 5.32. The third kappa shape index (κ3) is 3.75. The molecule has 0 radical (unpaired) electrons. The summed E-state index contributed by atoms with van der Waals surface area (Å²) in [7, 11) is 0. The highest BCUT2D eigenvalue weighted by molar-refractivity contribution is 9.10. The van der Waals surface area contributed by atoms with Crippen LogP contribution in [0.4, 0.5) is 14.5 Å². The van der Waals surface area contributed by atoms with Crippen LogP contribution < -0.4 is 10.5 Å². The molecule has 0 saturated carbocycles. The van der Waals surface area contributed by atoms with E-state index in [1.165, 1.54) is 42.6 Å². The number of anilines is 1. The van der Waals surface area contributed by atoms with E-state index in [9.17, 15) is 8.78 Å². The molecule has 2 N–H and O–H groups in total. The van der Waals surface area contributed by atoms with Crippen LogP contribution in [-0.2, 0) is 5.92 Å². The summed E-state index contributed by atoms with van der Waals surface area (Å²) >= 11 is 15.1. The molecule has 0 bridgehead atoms. The van der Waals surface area contributed by atoms with Crippen LogP contribution in [0.3, 0.4) is 0 Å². The van der Waals surface area contributed by atoms with Gasteiger partial charge in [0.25, 0.3) is 0 Å². The van der Waals surface area contributed by atoms with Crippen molar-refractivity contribution in [3.8, 4) is 11.8 Å². The Balaban J connectivity index is 2.01. The van der Waals surface area contributed by atoms with Gasteiger partial charge < -0.3 is 10.5 Å². The van der Waals surface area contributed by atoms with Crippen LogP contribution in [0.2, 0.25) is 10.0 Å². The van der Waals surface area contributed by atoms with Gasteiger partial charge in [-0.1, -0.05) is 53.5 Å². The fraction of sp³-hybridized carbons (Fsp3) is 0.0588. The number of halogens is 5. The summed E-state index contributed by atoms with van der Waals surface area (Å²) in [5.41, 5.74) is 5.20. The lowest BCUT2D eigenvalue weighted by atomic mass is 10.1. The molecule has 0 unspecified atom stereocenters. The van der Waals surface area contributed by atoms with Crippen molar-refractivity contribution >= 4 is 44.8 Å². The van der Waals surface area contributed by atoms with Crippen LogP contribution in [0.25, 0.3) is 0 Å². The van der Waals surface area contributed by atoms with Crippen LogP contribution in [-0.4, -0.2) is 9.97 Å². The fourth-order valence-corrected chi connectivity index (χ4v) is 3.19. The largest absolute Gasteiger partial charge is 0.421 e. The minimum absolute atomic E-state index is 0.0267. The minimum atomic E-state index is -3.37. The smallest absolute Gasteiger partial charge is 0.322 e. The summed E-state index contributed by atoms with van der Waals surface area (Å²) < 4.78 is 35.1. The van der Waals surface area contributed by atoms with E-state index in [0.717, 1.165) is 0 Å². The van der Waals surface area contributed by atoms with E-state index in [2.05, 4.69) is 25.9 Å². The van der Waals surface area contributed by atoms with Gasteiger partial charge >= 0.3 is 11.9 Å². The summed E-state index contributed by atoms with van der Waals surface area (Å²) in [5, 5.41) is 0.218. The Hall–Kier alpha value is -1.96. The second kappa shape index (κ2) is 7.34. The lowest BCUT2D eigenvalue weighted by Crippen LogP contribution is -2.18. The van der Waals surface area contributed by atoms with Gasteiger partial charge in [-0.2, -0.15) is 13.8 Å². The zero-order valence-corrected chi connectivity index (χ0v) is 16.0. The third-order valence-electron chi connectivity index (χ3n) is 3.37. The van der Waals surface area contributed by atoms with Crippen LogP contribution in [0.1, 0.15) is 11.3 Å². The molecule has 26 heavy (non-hydrogen) atoms. The molecule has 0 aliphatic rings. The number of nitrogen functional groups attached to an aromatic ring is 1. The molecule has 0 spiro atoms. The minimum Gasteiger partial charge on any atom is -0.421 e. The maximum Gasteiger partial charge on any atom is 0.322 e. The molecule has 1 aromatic heterocycles. The quantitative estimate of drug-likeness (QED) is 0.480. The zero-order chi connectivity index (χ0) is 18.9. The fourth-order valence-electron chi connectivity index (χ4n) is 2.17. The van der Waals surface area contributed by atoms with Crippen molar-refractivity contribution < 1.29 is 13.5 Å². The van der Waals surface area contributed by atoms with E-state index >= 15 is 0 Å². The number of benzene rings is 2. The summed E-state index contributed by atoms with van der Waals surface area (Å²) in [5.74, 6) is -3.34. The van der Waals surface area contributed by atoms with E-state index in [4.69, 9.17) is 33.7 Å². The van der Waals surface area contributed by atoms with Gasteiger partial charge in [-0.05, 0) is 28.1 Å². The average Bonchev–Trinajstić information content (AvgIpc) is 2.60. The van der Waals surface area contributed by atoms with Gasteiger partial charge in [0.05, 0.1) is 14.5 Å². The van der Waals surface area contributed by atoms with Gasteiger partial charge in [-0.3, -0.25) is 0 Å². The van der Waals surface area contributed by atoms with Crippen LogP contribution in [0.15, 0.2) is 53.1 Å². The molecular formula is C17H10BrCl2F2N3O. The van der Waals surface area contributed by atoms with Gasteiger partial charge in [0.15, 0.2) is 5.75 Å². The first-order chi connectivity index (χ1) is 12.3. The summed E-state index contributed by atoms with van der Waals surface area (Å²) in [6.07, 6.45) is 1.17. The van der Waals surface area contributed by atoms with E-state index < -0.39 is 11.6 Å². The van der Waals surface area contributed by atoms with Gasteiger partial charge in [0.2, 0.25) is 0 Å². The molecule has 1 heterocycles. The van der Waals surface area contributed by atoms with Gasteiger partial charge in [0, 0.05) is 17.4 Å². The highest BCUT2D eigenvalue weighted by atomic mass is 79.9. The second-order valence-electron chi connectivity index (χ2n) is 5.21. The maximum atomic E-state index is 14.8. The Morgan fingerprint density at radius 2 is 1.69 bits per heavy atom. The Morgan fingerprint density at radius 1 is 1.08 bits per heavy atom. The third-order valence-corrected chi connectivity index (χ3v) is 4.51. The number of alkyl halides is 2. The SMILES string of the molecule is Nc1cc(Cl)c(Oc2ncc(Br)c(C(F)(F)c3ccccc3)n2)c(Cl)c1. The predicted octanol–water partition coefficient (Wildman–Crippen LogP) is 6.06. The highest BCUT2D eigenvalue weighted by Gasteiger charge is 2.38. The van der Waals surface area contributed by atoms with E-state index in [1.807, 2.05) is 0 Å². The van der Waals surface area contributed by atoms with Crippen molar-refractivity contribution in [2.45, 2.75) is 5.92 Å². The molecule has 0 amide bonds. The number of nitrogens with two attached hydrogens (primary N) is 1. The van der Waals surface area contributed by atoms with Crippen LogP contribution >= 0.6 is 39.1 Å². The molecule has 3 aromatic rings. The predicted molar refractivity (Wildman–Crippen MR) is 100 cm³/mol. The molecule has 0 fully saturated rings. The molecule has 3 rings (SSSR count). The van der Waals surface area contributed by atoms with E-state index in [-0.39, 0.29) is 31.8 Å². The summed E-state index contributed by atoms with van der Waals surface area (Å²) in [6.45, 7) is 0. The van der Waals surface area contributed by atoms with Gasteiger partial charge in [0.1, 0.15) is 5.69 Å².